The maximum absolute atomic E-state index is 13.4. The van der Waals surface area contributed by atoms with Gasteiger partial charge in [0.2, 0.25) is 0 Å². The van der Waals surface area contributed by atoms with Crippen molar-refractivity contribution < 1.29 is 28.9 Å². The molecule has 0 aromatic heterocycles. The molecule has 2 amide bonds. The fourth-order valence-electron chi connectivity index (χ4n) is 3.79. The molecule has 1 saturated heterocycles. The van der Waals surface area contributed by atoms with Gasteiger partial charge >= 0.3 is 6.09 Å². The highest BCUT2D eigenvalue weighted by Gasteiger charge is 2.46. The van der Waals surface area contributed by atoms with E-state index < -0.39 is 18.4 Å². The third kappa shape index (κ3) is 5.38. The molecule has 0 aliphatic carbocycles. The van der Waals surface area contributed by atoms with Gasteiger partial charge in [-0.1, -0.05) is 47.6 Å². The van der Waals surface area contributed by atoms with Gasteiger partial charge in [-0.25, -0.2) is 9.69 Å². The Labute approximate surface area is 203 Å². The maximum Gasteiger partial charge on any atom is 0.416 e. The number of methoxy groups -OCH3 is 2. The summed E-state index contributed by atoms with van der Waals surface area (Å²) in [5.74, 6) is 0.380. The van der Waals surface area contributed by atoms with Gasteiger partial charge in [-0.05, 0) is 26.3 Å². The van der Waals surface area contributed by atoms with Crippen molar-refractivity contribution in [2.45, 2.75) is 56.4 Å². The molecule has 0 bridgehead atoms. The topological polar surface area (TPSA) is 88.5 Å². The van der Waals surface area contributed by atoms with Crippen LogP contribution in [0.15, 0.2) is 24.3 Å². The molecule has 0 radical (unpaired) electrons. The molecule has 10 heteroatoms. The number of ether oxygens (including phenoxy) is 3. The van der Waals surface area contributed by atoms with E-state index in [4.69, 9.17) is 14.2 Å². The fourth-order valence-corrected chi connectivity index (χ4v) is 5.85. The number of rotatable bonds is 7. The fraction of sp³-hybridized carbons (Fsp3) is 0.565. The Bertz CT molecular complexity index is 936. The monoisotopic (exact) mass is 496 g/mol. The predicted octanol–water partition coefficient (Wildman–Crippen LogP) is 4.32. The minimum Gasteiger partial charge on any atom is -0.493 e. The first-order valence-corrected chi connectivity index (χ1v) is 12.9. The second-order valence-corrected chi connectivity index (χ2v) is 12.5. The van der Waals surface area contributed by atoms with E-state index in [1.54, 1.807) is 26.5 Å². The van der Waals surface area contributed by atoms with E-state index in [0.717, 1.165) is 10.5 Å². The summed E-state index contributed by atoms with van der Waals surface area (Å²) in [5, 5.41) is 11.7. The van der Waals surface area contributed by atoms with E-state index in [1.165, 1.54) is 26.4 Å². The molecule has 2 aliphatic rings. The van der Waals surface area contributed by atoms with Crippen molar-refractivity contribution in [3.8, 4) is 11.5 Å². The van der Waals surface area contributed by atoms with Crippen molar-refractivity contribution in [2.24, 2.45) is 0 Å². The zero-order valence-corrected chi connectivity index (χ0v) is 21.5. The molecule has 2 heterocycles. The third-order valence-electron chi connectivity index (χ3n) is 5.36. The van der Waals surface area contributed by atoms with Crippen molar-refractivity contribution in [3.05, 3.63) is 29.8 Å². The first-order chi connectivity index (χ1) is 15.5. The van der Waals surface area contributed by atoms with Crippen LogP contribution < -0.4 is 14.4 Å². The molecular weight excluding hydrogens is 464 g/mol. The molecular formula is C23H32N2O6S2. The lowest BCUT2D eigenvalue weighted by molar-refractivity contribution is 0.0486. The third-order valence-corrected chi connectivity index (χ3v) is 9.21. The summed E-state index contributed by atoms with van der Waals surface area (Å²) in [6.45, 7) is 12.6. The van der Waals surface area contributed by atoms with Crippen LogP contribution >= 0.6 is 21.6 Å². The van der Waals surface area contributed by atoms with Crippen molar-refractivity contribution in [2.75, 3.05) is 32.3 Å². The number of fused-ring (bicyclic) bond motifs is 2. The SMILES string of the molecule is C=C1C[C@H]2C(O)N(C(=O)OCC(C)(C)SSC(C)C)c3cc(OC)c(OC)cc3C(=O)N2C1. The highest BCUT2D eigenvalue weighted by Crippen LogP contribution is 2.42. The summed E-state index contributed by atoms with van der Waals surface area (Å²) < 4.78 is 16.1. The second-order valence-electron chi connectivity index (χ2n) is 9.01. The Morgan fingerprint density at radius 1 is 1.27 bits per heavy atom. The summed E-state index contributed by atoms with van der Waals surface area (Å²) in [7, 11) is 6.29. The van der Waals surface area contributed by atoms with Gasteiger partial charge in [-0.2, -0.15) is 0 Å². The summed E-state index contributed by atoms with van der Waals surface area (Å²) >= 11 is 0. The molecule has 0 saturated carbocycles. The number of amides is 2. The number of aliphatic hydroxyl groups excluding tert-OH is 1. The van der Waals surface area contributed by atoms with Crippen LogP contribution in [0.2, 0.25) is 0 Å². The number of nitrogens with zero attached hydrogens (tertiary/aromatic N) is 2. The van der Waals surface area contributed by atoms with Crippen LogP contribution in [0.3, 0.4) is 0 Å². The highest BCUT2D eigenvalue weighted by atomic mass is 33.1. The second kappa shape index (κ2) is 10.1. The Morgan fingerprint density at radius 3 is 2.52 bits per heavy atom. The van der Waals surface area contributed by atoms with E-state index in [9.17, 15) is 14.7 Å². The zero-order chi connectivity index (χ0) is 24.5. The number of benzene rings is 1. The Kier molecular flexibility index (Phi) is 7.80. The Hall–Kier alpha value is -2.04. The number of anilines is 1. The lowest BCUT2D eigenvalue weighted by atomic mass is 10.1. The molecule has 1 N–H and O–H groups in total. The van der Waals surface area contributed by atoms with Gasteiger partial charge in [0.15, 0.2) is 17.7 Å². The lowest BCUT2D eigenvalue weighted by Crippen LogP contribution is -2.51. The van der Waals surface area contributed by atoms with E-state index in [-0.39, 0.29) is 28.5 Å². The van der Waals surface area contributed by atoms with Gasteiger partial charge in [0.25, 0.3) is 5.91 Å². The quantitative estimate of drug-likeness (QED) is 0.441. The molecule has 8 nitrogen and oxygen atoms in total. The number of hydrogen-bond acceptors (Lipinski definition) is 8. The van der Waals surface area contributed by atoms with Crippen molar-refractivity contribution in [1.29, 1.82) is 0 Å². The standard InChI is InChI=1S/C23H32N2O6S2/c1-13(2)32-33-23(4,5)12-31-22(28)25-16-10-19(30-7)18(29-6)9-15(16)20(26)24-11-14(3)8-17(24)21(25)27/h9-10,13,17,21,27H,3,8,11-12H2,1-2,4-7H3/t17-,21?/m0/s1. The molecule has 1 unspecified atom stereocenters. The van der Waals surface area contributed by atoms with Gasteiger partial charge in [0.1, 0.15) is 6.61 Å². The van der Waals surface area contributed by atoms with E-state index in [0.29, 0.717) is 29.7 Å². The summed E-state index contributed by atoms with van der Waals surface area (Å²) in [4.78, 5) is 29.4. The smallest absolute Gasteiger partial charge is 0.416 e. The van der Waals surface area contributed by atoms with Crippen LogP contribution in [-0.4, -0.2) is 71.6 Å². The maximum atomic E-state index is 13.4. The van der Waals surface area contributed by atoms with Crippen LogP contribution in [0.25, 0.3) is 0 Å². The van der Waals surface area contributed by atoms with Gasteiger partial charge in [-0.3, -0.25) is 4.79 Å². The van der Waals surface area contributed by atoms with Gasteiger partial charge in [0, 0.05) is 17.9 Å². The summed E-state index contributed by atoms with van der Waals surface area (Å²) in [5.41, 5.74) is 1.26. The minimum atomic E-state index is -1.30. The van der Waals surface area contributed by atoms with Crippen molar-refractivity contribution >= 4 is 39.3 Å². The normalized spacial score (nSPS) is 20.5. The zero-order valence-electron chi connectivity index (χ0n) is 19.9. The molecule has 2 atom stereocenters. The summed E-state index contributed by atoms with van der Waals surface area (Å²) in [6.07, 6.45) is -1.64. The van der Waals surface area contributed by atoms with E-state index in [2.05, 4.69) is 20.4 Å². The van der Waals surface area contributed by atoms with Gasteiger partial charge in [-0.15, -0.1) is 0 Å². The molecule has 2 aliphatic heterocycles. The van der Waals surface area contributed by atoms with Gasteiger partial charge in [0.05, 0.1) is 36.3 Å². The first-order valence-electron chi connectivity index (χ1n) is 10.7. The molecule has 1 aromatic carbocycles. The molecule has 1 aromatic rings. The van der Waals surface area contributed by atoms with Crippen LogP contribution in [0.4, 0.5) is 10.5 Å². The largest absolute Gasteiger partial charge is 0.493 e. The molecule has 33 heavy (non-hydrogen) atoms. The van der Waals surface area contributed by atoms with E-state index >= 15 is 0 Å². The lowest BCUT2D eigenvalue weighted by Gasteiger charge is -2.32. The molecule has 1 fully saturated rings. The highest BCUT2D eigenvalue weighted by molar-refractivity contribution is 8.77. The number of carbonyl (C=O) groups is 2. The van der Waals surface area contributed by atoms with Crippen LogP contribution in [0.1, 0.15) is 44.5 Å². The Balaban J connectivity index is 1.98. The molecule has 182 valence electrons. The number of aliphatic hydroxyl groups is 1. The van der Waals surface area contributed by atoms with Crippen LogP contribution in [-0.2, 0) is 4.74 Å². The predicted molar refractivity (Wildman–Crippen MR) is 132 cm³/mol. The molecule has 3 rings (SSSR count). The number of hydrogen-bond donors (Lipinski definition) is 1. The van der Waals surface area contributed by atoms with Crippen LogP contribution in [0, 0.1) is 0 Å². The molecule has 0 spiro atoms. The first kappa shape index (κ1) is 25.6. The average Bonchev–Trinajstić information content (AvgIpc) is 3.14. The van der Waals surface area contributed by atoms with Gasteiger partial charge < -0.3 is 24.2 Å². The van der Waals surface area contributed by atoms with Crippen molar-refractivity contribution in [3.63, 3.8) is 0 Å². The average molecular weight is 497 g/mol. The van der Waals surface area contributed by atoms with Crippen LogP contribution in [0.5, 0.6) is 11.5 Å². The Morgan fingerprint density at radius 2 is 1.91 bits per heavy atom. The summed E-state index contributed by atoms with van der Waals surface area (Å²) in [6, 6.07) is 2.44. The minimum absolute atomic E-state index is 0.136. The number of carbonyl (C=O) groups excluding carboxylic acids is 2. The van der Waals surface area contributed by atoms with E-state index in [1.807, 2.05) is 13.8 Å². The van der Waals surface area contributed by atoms with Crippen molar-refractivity contribution in [1.82, 2.24) is 4.90 Å².